The number of rotatable bonds is 14. The highest BCUT2D eigenvalue weighted by atomic mass is 32.1. The maximum atomic E-state index is 13.6. The largest absolute Gasteiger partial charge is 0.195 e. The summed E-state index contributed by atoms with van der Waals surface area (Å²) in [6, 6.07) is 31.6. The van der Waals surface area contributed by atoms with Gasteiger partial charge in [0.05, 0.1) is 0 Å². The Morgan fingerprint density at radius 2 is 0.690 bits per heavy atom. The first-order valence-corrected chi connectivity index (χ1v) is 35.8. The van der Waals surface area contributed by atoms with Crippen molar-refractivity contribution in [3.05, 3.63) is 258 Å². The number of hydrogen-bond acceptors (Lipinski definition) is 6. The van der Waals surface area contributed by atoms with Crippen LogP contribution in [0.2, 0.25) is 0 Å². The van der Waals surface area contributed by atoms with Gasteiger partial charge in [0, 0.05) is 109 Å². The molecule has 0 aliphatic heterocycles. The summed E-state index contributed by atoms with van der Waals surface area (Å²) in [5, 5.41) is 32.9. The van der Waals surface area contributed by atoms with E-state index in [1.54, 1.807) is 84.2 Å². The van der Waals surface area contributed by atoms with Gasteiger partial charge in [0.15, 0.2) is 10.3 Å². The number of aryl methyl sites for hydroxylation is 8. The Balaban J connectivity index is 0.000000108. The van der Waals surface area contributed by atoms with E-state index in [9.17, 15) is 8.78 Å². The minimum absolute atomic E-state index is 0.145. The molecule has 0 fully saturated rings. The van der Waals surface area contributed by atoms with E-state index in [2.05, 4.69) is 139 Å². The average Bonchev–Trinajstić information content (AvgIpc) is 1.56. The lowest BCUT2D eigenvalue weighted by Gasteiger charge is -2.09. The second-order valence-corrected chi connectivity index (χ2v) is 31.3. The fourth-order valence-electron chi connectivity index (χ4n) is 15.4. The molecule has 6 aromatic carbocycles. The van der Waals surface area contributed by atoms with E-state index in [0.717, 1.165) is 40.4 Å². The molecule has 6 heterocycles. The molecule has 6 aliphatic carbocycles. The van der Waals surface area contributed by atoms with Crippen LogP contribution in [0.15, 0.2) is 84.9 Å². The average molecular weight is 1210 g/mol. The van der Waals surface area contributed by atoms with Crippen molar-refractivity contribution in [3.63, 3.8) is 0 Å². The molecular formula is C76H66F2S6. The number of hydrogen-bond donors (Lipinski definition) is 0. The van der Waals surface area contributed by atoms with Crippen LogP contribution in [0.4, 0.5) is 8.78 Å². The van der Waals surface area contributed by atoms with Crippen LogP contribution in [0.5, 0.6) is 0 Å². The van der Waals surface area contributed by atoms with Gasteiger partial charge in [0.1, 0.15) is 0 Å². The Hall–Kier alpha value is -5.84. The molecule has 0 N–H and O–H groups in total. The van der Waals surface area contributed by atoms with Gasteiger partial charge in [-0.25, -0.2) is 0 Å². The minimum Gasteiger partial charge on any atom is -0.195 e. The molecule has 0 radical (unpaired) electrons. The highest BCUT2D eigenvalue weighted by molar-refractivity contribution is 7.11. The summed E-state index contributed by atoms with van der Waals surface area (Å²) >= 11 is 10.5. The fourth-order valence-corrected chi connectivity index (χ4v) is 22.0. The molecule has 12 aromatic rings. The zero-order valence-corrected chi connectivity index (χ0v) is 54.1. The molecule has 0 nitrogen and oxygen atoms in total. The molecule has 6 aliphatic rings. The lowest BCUT2D eigenvalue weighted by atomic mass is 9.94. The Morgan fingerprint density at radius 1 is 0.286 bits per heavy atom. The van der Waals surface area contributed by atoms with Crippen LogP contribution < -0.4 is 0 Å². The van der Waals surface area contributed by atoms with Crippen LogP contribution in [-0.2, 0) is 25.7 Å². The molecule has 0 bridgehead atoms. The molecule has 0 saturated heterocycles. The Bertz CT molecular complexity index is 5780. The first-order chi connectivity index (χ1) is 41.0. The maximum Gasteiger partial charge on any atom is 0.177 e. The third-order valence-electron chi connectivity index (χ3n) is 19.0. The van der Waals surface area contributed by atoms with Gasteiger partial charge >= 0.3 is 0 Å². The van der Waals surface area contributed by atoms with E-state index >= 15 is 0 Å². The van der Waals surface area contributed by atoms with Crippen molar-refractivity contribution in [1.82, 2.24) is 0 Å². The first kappa shape index (κ1) is 53.6. The van der Waals surface area contributed by atoms with Crippen molar-refractivity contribution in [3.8, 4) is 0 Å². The fraction of sp³-hybridized carbons (Fsp3) is 0.289. The lowest BCUT2D eigenvalue weighted by Crippen LogP contribution is -1.94. The number of thiophene rings is 6. The van der Waals surface area contributed by atoms with Crippen LogP contribution in [0.25, 0.3) is 32.3 Å². The van der Waals surface area contributed by atoms with Crippen LogP contribution >= 0.6 is 68.0 Å². The Morgan fingerprint density at radius 3 is 1.32 bits per heavy atom. The minimum atomic E-state index is -0.145. The zero-order chi connectivity index (χ0) is 57.1. The van der Waals surface area contributed by atoms with Gasteiger partial charge in [0.25, 0.3) is 0 Å². The van der Waals surface area contributed by atoms with E-state index in [1.807, 2.05) is 34.8 Å². The Labute approximate surface area is 508 Å². The highest BCUT2D eigenvalue weighted by Crippen LogP contribution is 2.40. The van der Waals surface area contributed by atoms with Crippen LogP contribution in [0.1, 0.15) is 134 Å². The van der Waals surface area contributed by atoms with E-state index in [0.29, 0.717) is 0 Å². The number of unbranched alkanes of at least 4 members (excludes halogenated alkanes) is 6. The SMILES string of the molecule is CCCCCc1cc2c(s1)=c1cc(CCCC)c3c4c(cc(CCCC)c=2c14)=c1cc(CCCCC)sc1=3.Cc1cc2c(s1)=c1cc(C)c3c4c(cc(C)c=2c14)=c1cc(C)sc1=3.Fc1cc2c(s1)=c1ccc3c4c(ccc=2c14)=c1cc(F)sc1=3. The standard InChI is InChI=1S/C36H44S2.C22H16S2.C18H6F2S2/c1-5-9-13-17-25-21-28-27-19-23(15-11-7-3)31-30-22-26(18-14-10-6-2)37-35(30)29-20-24(16-12-8-4)32(36(28)38-25)33(27)34(29)31;1-9-5-13-14-7-11(3)24-22(14)18-10(2)6-15-20(19(13)18)17(9)16-8-12(4)23-21(15)16;19-13-5-11-7-1-2-8-12-6-14(20)22-18(12)10-4-3-9(17(11)21-13)15(7)16(8)10/h19-22H,5-18H2,1-4H3;5-8H,1-4H3;1-6H. The summed E-state index contributed by atoms with van der Waals surface area (Å²) in [6.07, 6.45) is 17.9. The van der Waals surface area contributed by atoms with E-state index in [4.69, 9.17) is 0 Å². The zero-order valence-electron chi connectivity index (χ0n) is 49.2. The quantitative estimate of drug-likeness (QED) is 0.0952. The van der Waals surface area contributed by atoms with Crippen molar-refractivity contribution >= 4 is 100 Å². The molecule has 6 aromatic heterocycles. The molecule has 0 saturated carbocycles. The number of fused-ring (bicyclic) bond motifs is 6. The third-order valence-corrected chi connectivity index (χ3v) is 25.5. The van der Waals surface area contributed by atoms with Gasteiger partial charge in [-0.1, -0.05) is 96.6 Å². The van der Waals surface area contributed by atoms with E-state index in [1.165, 1.54) is 195 Å². The summed E-state index contributed by atoms with van der Waals surface area (Å²) in [4.78, 5) is 6.01. The van der Waals surface area contributed by atoms with Gasteiger partial charge in [-0.15, -0.1) is 68.0 Å². The van der Waals surface area contributed by atoms with E-state index in [-0.39, 0.29) is 10.3 Å². The predicted octanol–water partition coefficient (Wildman–Crippen LogP) is 21.9. The third kappa shape index (κ3) is 7.85. The summed E-state index contributed by atoms with van der Waals surface area (Å²) in [5.74, 6) is 0. The second-order valence-electron chi connectivity index (χ2n) is 24.5. The molecule has 18 rings (SSSR count). The molecule has 420 valence electrons. The molecule has 84 heavy (non-hydrogen) atoms. The molecule has 0 atom stereocenters. The highest BCUT2D eigenvalue weighted by Gasteiger charge is 2.23. The summed E-state index contributed by atoms with van der Waals surface area (Å²) < 4.78 is 35.4. The molecule has 0 spiro atoms. The van der Waals surface area contributed by atoms with Crippen molar-refractivity contribution < 1.29 is 8.78 Å². The molecular weight excluding hydrogens is 1140 g/mol. The maximum absolute atomic E-state index is 13.6. The monoisotopic (exact) mass is 1210 g/mol. The van der Waals surface area contributed by atoms with E-state index < -0.39 is 0 Å². The van der Waals surface area contributed by atoms with Crippen LogP contribution in [0, 0.1) is 159 Å². The van der Waals surface area contributed by atoms with Gasteiger partial charge in [0.2, 0.25) is 0 Å². The van der Waals surface area contributed by atoms with Gasteiger partial charge in [-0.05, 0) is 220 Å². The summed E-state index contributed by atoms with van der Waals surface area (Å²) in [7, 11) is 0. The van der Waals surface area contributed by atoms with Crippen LogP contribution in [0.3, 0.4) is 0 Å². The summed E-state index contributed by atoms with van der Waals surface area (Å²) in [5.41, 5.74) is 6.05. The van der Waals surface area contributed by atoms with Crippen molar-refractivity contribution in [2.45, 2.75) is 145 Å². The van der Waals surface area contributed by atoms with Crippen LogP contribution in [-0.4, -0.2) is 0 Å². The Kier molecular flexibility index (Phi) is 13.0. The first-order valence-electron chi connectivity index (χ1n) is 30.9. The van der Waals surface area contributed by atoms with Crippen molar-refractivity contribution in [2.75, 3.05) is 0 Å². The molecule has 0 unspecified atom stereocenters. The second kappa shape index (κ2) is 20.4. The topological polar surface area (TPSA) is 0 Å². The van der Waals surface area contributed by atoms with Gasteiger partial charge < -0.3 is 0 Å². The number of halogens is 2. The summed E-state index contributed by atoms with van der Waals surface area (Å²) in [6.45, 7) is 18.3. The lowest BCUT2D eigenvalue weighted by molar-refractivity contribution is 0.656. The normalized spacial score (nSPS) is 12.8. The smallest absolute Gasteiger partial charge is 0.177 e. The predicted molar refractivity (Wildman–Crippen MR) is 352 cm³/mol. The molecule has 0 amide bonds. The van der Waals surface area contributed by atoms with Crippen molar-refractivity contribution in [2.24, 2.45) is 0 Å². The molecule has 8 heteroatoms. The number of benzene rings is 6. The van der Waals surface area contributed by atoms with Gasteiger partial charge in [-0.3, -0.25) is 0 Å². The van der Waals surface area contributed by atoms with Crippen molar-refractivity contribution in [1.29, 1.82) is 0 Å². The van der Waals surface area contributed by atoms with Gasteiger partial charge in [-0.2, -0.15) is 8.78 Å².